The summed E-state index contributed by atoms with van der Waals surface area (Å²) < 4.78 is 0. The number of carbonyl (C=O) groups is 2. The zero-order valence-electron chi connectivity index (χ0n) is 8.02. The maximum atomic E-state index is 11.7. The lowest BCUT2D eigenvalue weighted by Gasteiger charge is -2.27. The second-order valence-electron chi connectivity index (χ2n) is 3.42. The van der Waals surface area contributed by atoms with E-state index in [2.05, 4.69) is 4.99 Å². The molecule has 4 nitrogen and oxygen atoms in total. The van der Waals surface area contributed by atoms with E-state index in [1.165, 1.54) is 7.05 Å². The molecule has 2 rings (SSSR count). The summed E-state index contributed by atoms with van der Waals surface area (Å²) in [7, 11) is 1.45. The van der Waals surface area contributed by atoms with E-state index in [4.69, 9.17) is 0 Å². The van der Waals surface area contributed by atoms with E-state index in [1.54, 1.807) is 12.2 Å². The number of allylic oxidation sites excluding steroid dienone is 3. The van der Waals surface area contributed by atoms with Gasteiger partial charge in [0.1, 0.15) is 5.92 Å². The molecule has 0 aromatic rings. The van der Waals surface area contributed by atoms with Crippen molar-refractivity contribution in [2.75, 3.05) is 7.05 Å². The van der Waals surface area contributed by atoms with Crippen molar-refractivity contribution >= 4 is 17.6 Å². The van der Waals surface area contributed by atoms with E-state index in [-0.39, 0.29) is 11.8 Å². The predicted octanol–water partition coefficient (Wildman–Crippen LogP) is 1.15. The van der Waals surface area contributed by atoms with Crippen molar-refractivity contribution in [1.82, 2.24) is 4.90 Å². The fourth-order valence-electron chi connectivity index (χ4n) is 1.62. The first-order chi connectivity index (χ1) is 6.61. The smallest absolute Gasteiger partial charge is 0.273 e. The molecule has 0 saturated carbocycles. The number of amides is 3. The molecule has 1 atom stereocenters. The monoisotopic (exact) mass is 190 g/mol. The number of rotatable bonds is 0. The van der Waals surface area contributed by atoms with E-state index >= 15 is 0 Å². The number of imide groups is 1. The third-order valence-electron chi connectivity index (χ3n) is 2.47. The summed E-state index contributed by atoms with van der Waals surface area (Å²) in [6.07, 6.45) is 5.38. The summed E-state index contributed by atoms with van der Waals surface area (Å²) >= 11 is 0. The highest BCUT2D eigenvalue weighted by molar-refractivity contribution is 6.22. The zero-order chi connectivity index (χ0) is 10.3. The molecule has 3 amide bonds. The van der Waals surface area contributed by atoms with E-state index in [9.17, 15) is 9.59 Å². The highest BCUT2D eigenvalue weighted by Gasteiger charge is 2.35. The maximum absolute atomic E-state index is 11.7. The average molecular weight is 190 g/mol. The average Bonchev–Trinajstić information content (AvgIpc) is 2.14. The first kappa shape index (κ1) is 8.87. The Labute approximate surface area is 81.6 Å². The van der Waals surface area contributed by atoms with Gasteiger partial charge in [-0.3, -0.25) is 9.69 Å². The Morgan fingerprint density at radius 1 is 1.43 bits per heavy atom. The zero-order valence-corrected chi connectivity index (χ0v) is 8.02. The summed E-state index contributed by atoms with van der Waals surface area (Å²) in [5, 5.41) is 0. The van der Waals surface area contributed by atoms with E-state index < -0.39 is 6.03 Å². The topological polar surface area (TPSA) is 49.7 Å². The van der Waals surface area contributed by atoms with Crippen molar-refractivity contribution in [2.45, 2.75) is 6.92 Å². The molecule has 1 unspecified atom stereocenters. The fraction of sp³-hybridized carbons (Fsp3) is 0.300. The quantitative estimate of drug-likeness (QED) is 0.575. The summed E-state index contributed by atoms with van der Waals surface area (Å²) in [4.78, 5) is 27.9. The Bertz CT molecular complexity index is 404. The number of fused-ring (bicyclic) bond motifs is 1. The van der Waals surface area contributed by atoms with E-state index in [0.717, 1.165) is 10.5 Å². The Balaban J connectivity index is 2.51. The largest absolute Gasteiger partial charge is 0.350 e. The summed E-state index contributed by atoms with van der Waals surface area (Å²) in [5.41, 5.74) is 1.48. The molecule has 1 aliphatic carbocycles. The molecule has 0 fully saturated rings. The molecule has 1 aliphatic heterocycles. The highest BCUT2D eigenvalue weighted by Crippen LogP contribution is 2.24. The molecule has 0 radical (unpaired) electrons. The Morgan fingerprint density at radius 3 is 2.86 bits per heavy atom. The van der Waals surface area contributed by atoms with Crippen LogP contribution in [-0.2, 0) is 4.79 Å². The molecule has 0 spiro atoms. The van der Waals surface area contributed by atoms with Gasteiger partial charge in [0.15, 0.2) is 0 Å². The Kier molecular flexibility index (Phi) is 1.84. The Morgan fingerprint density at radius 2 is 2.14 bits per heavy atom. The van der Waals surface area contributed by atoms with Crippen LogP contribution in [0.25, 0.3) is 0 Å². The van der Waals surface area contributed by atoms with Gasteiger partial charge >= 0.3 is 6.03 Å². The first-order valence-corrected chi connectivity index (χ1v) is 4.36. The molecule has 2 aliphatic rings. The van der Waals surface area contributed by atoms with Crippen molar-refractivity contribution < 1.29 is 9.59 Å². The van der Waals surface area contributed by atoms with Crippen molar-refractivity contribution in [2.24, 2.45) is 10.9 Å². The minimum atomic E-state index is -0.486. The second-order valence-corrected chi connectivity index (χ2v) is 3.42. The molecule has 72 valence electrons. The van der Waals surface area contributed by atoms with Gasteiger partial charge in [-0.15, -0.1) is 0 Å². The molecule has 0 saturated heterocycles. The second kappa shape index (κ2) is 2.90. The molecule has 0 aromatic carbocycles. The first-order valence-electron chi connectivity index (χ1n) is 4.36. The van der Waals surface area contributed by atoms with E-state index in [0.29, 0.717) is 5.71 Å². The van der Waals surface area contributed by atoms with Gasteiger partial charge in [0.05, 0.1) is 5.71 Å². The summed E-state index contributed by atoms with van der Waals surface area (Å²) in [6, 6.07) is -0.486. The lowest BCUT2D eigenvalue weighted by atomic mass is 9.88. The van der Waals surface area contributed by atoms with Crippen LogP contribution >= 0.6 is 0 Å². The number of carbonyl (C=O) groups excluding carboxylic acids is 2. The van der Waals surface area contributed by atoms with Gasteiger partial charge in [-0.05, 0) is 13.0 Å². The lowest BCUT2D eigenvalue weighted by Crippen LogP contribution is -2.44. The van der Waals surface area contributed by atoms with E-state index in [1.807, 2.05) is 13.0 Å². The van der Waals surface area contributed by atoms with Gasteiger partial charge in [0.2, 0.25) is 5.91 Å². The minimum absolute atomic E-state index is 0.196. The van der Waals surface area contributed by atoms with Crippen molar-refractivity contribution in [3.8, 4) is 0 Å². The molecule has 14 heavy (non-hydrogen) atoms. The molecule has 0 N–H and O–H groups in total. The fourth-order valence-corrected chi connectivity index (χ4v) is 1.62. The van der Waals surface area contributed by atoms with Crippen LogP contribution in [0.4, 0.5) is 4.79 Å². The summed E-state index contributed by atoms with van der Waals surface area (Å²) in [6.45, 7) is 1.87. The number of hydrogen-bond donors (Lipinski definition) is 0. The van der Waals surface area contributed by atoms with Gasteiger partial charge in [-0.1, -0.05) is 17.7 Å². The Hall–Kier alpha value is -1.71. The number of hydrogen-bond acceptors (Lipinski definition) is 2. The van der Waals surface area contributed by atoms with Gasteiger partial charge < -0.3 is 0 Å². The van der Waals surface area contributed by atoms with Gasteiger partial charge in [-0.25, -0.2) is 4.79 Å². The number of aliphatic imine (C=N–C) groups is 1. The highest BCUT2D eigenvalue weighted by atomic mass is 16.2. The van der Waals surface area contributed by atoms with Crippen molar-refractivity contribution in [3.63, 3.8) is 0 Å². The number of nitrogens with zero attached hydrogens (tertiary/aromatic N) is 2. The minimum Gasteiger partial charge on any atom is -0.273 e. The molecular formula is C10H10N2O2. The van der Waals surface area contributed by atoms with Gasteiger partial charge in [-0.2, -0.15) is 4.99 Å². The van der Waals surface area contributed by atoms with Gasteiger partial charge in [0.25, 0.3) is 0 Å². The van der Waals surface area contributed by atoms with Crippen molar-refractivity contribution in [1.29, 1.82) is 0 Å². The SMILES string of the molecule is CC1=CC=CC2=NC(=O)N(C)C(=O)C12. The van der Waals surface area contributed by atoms with Crippen molar-refractivity contribution in [3.05, 3.63) is 23.8 Å². The third kappa shape index (κ3) is 1.11. The normalized spacial score (nSPS) is 25.9. The van der Waals surface area contributed by atoms with Crippen LogP contribution in [0.15, 0.2) is 28.8 Å². The van der Waals surface area contributed by atoms with Crippen LogP contribution in [-0.4, -0.2) is 29.6 Å². The van der Waals surface area contributed by atoms with Crippen LogP contribution in [0.5, 0.6) is 0 Å². The molecular weight excluding hydrogens is 180 g/mol. The van der Waals surface area contributed by atoms with Crippen LogP contribution in [0.3, 0.4) is 0 Å². The van der Waals surface area contributed by atoms with Crippen LogP contribution < -0.4 is 0 Å². The summed E-state index contributed by atoms with van der Waals surface area (Å²) in [5.74, 6) is -0.555. The third-order valence-corrected chi connectivity index (χ3v) is 2.47. The standard InChI is InChI=1S/C10H10N2O2/c1-6-4-3-5-7-8(6)9(13)12(2)10(14)11-7/h3-5,8H,1-2H3. The molecule has 1 heterocycles. The maximum Gasteiger partial charge on any atom is 0.350 e. The molecule has 4 heteroatoms. The number of urea groups is 1. The van der Waals surface area contributed by atoms with Crippen LogP contribution in [0.2, 0.25) is 0 Å². The predicted molar refractivity (Wildman–Crippen MR) is 52.0 cm³/mol. The van der Waals surface area contributed by atoms with Crippen LogP contribution in [0.1, 0.15) is 6.92 Å². The lowest BCUT2D eigenvalue weighted by molar-refractivity contribution is -0.128. The van der Waals surface area contributed by atoms with Gasteiger partial charge in [0, 0.05) is 7.05 Å². The molecule has 0 bridgehead atoms. The van der Waals surface area contributed by atoms with Crippen LogP contribution in [0, 0.1) is 5.92 Å². The molecule has 0 aromatic heterocycles.